The molecule has 0 aromatic rings. The van der Waals surface area contributed by atoms with Crippen LogP contribution in [0.1, 0.15) is 200 Å². The topological polar surface area (TPSA) is 27.3 Å². The van der Waals surface area contributed by atoms with E-state index < -0.39 is 0 Å². The zero-order valence-electron chi connectivity index (χ0n) is 32.9. The lowest BCUT2D eigenvalue weighted by Crippen LogP contribution is -2.42. The van der Waals surface area contributed by atoms with Gasteiger partial charge in [0.15, 0.2) is 5.11 Å². The van der Waals surface area contributed by atoms with Gasteiger partial charge in [0, 0.05) is 12.6 Å². The molecule has 4 heteroatoms. The Morgan fingerprint density at radius 2 is 0.939 bits per heavy atom. The second kappa shape index (κ2) is 37.9. The van der Waals surface area contributed by atoms with Crippen molar-refractivity contribution in [3.8, 4) is 0 Å². The van der Waals surface area contributed by atoms with E-state index in [4.69, 9.17) is 12.2 Å². The van der Waals surface area contributed by atoms with Gasteiger partial charge in [-0.2, -0.15) is 0 Å². The summed E-state index contributed by atoms with van der Waals surface area (Å²) in [5.41, 5.74) is 0. The van der Waals surface area contributed by atoms with E-state index in [1.54, 1.807) is 0 Å². The van der Waals surface area contributed by atoms with Gasteiger partial charge < -0.3 is 15.5 Å². The monoisotopic (exact) mass is 698 g/mol. The van der Waals surface area contributed by atoms with Gasteiger partial charge in [0.05, 0.1) is 0 Å². The minimum atomic E-state index is 0.523. The highest BCUT2D eigenvalue weighted by Gasteiger charge is 2.12. The predicted molar refractivity (Wildman–Crippen MR) is 226 cm³/mol. The van der Waals surface area contributed by atoms with Crippen LogP contribution in [0.4, 0.5) is 0 Å². The summed E-state index contributed by atoms with van der Waals surface area (Å²) in [5, 5.41) is 8.14. The van der Waals surface area contributed by atoms with Crippen LogP contribution in [0.25, 0.3) is 0 Å². The molecular weight excluding hydrogens is 615 g/mol. The molecule has 284 valence electrons. The number of nitrogens with zero attached hydrogens (tertiary/aromatic N) is 1. The smallest absolute Gasteiger partial charge is 0.166 e. The van der Waals surface area contributed by atoms with Crippen molar-refractivity contribution in [2.45, 2.75) is 206 Å². The average molecular weight is 698 g/mol. The van der Waals surface area contributed by atoms with Gasteiger partial charge >= 0.3 is 0 Å². The molecule has 3 nitrogen and oxygen atoms in total. The molecule has 0 radical (unpaired) electrons. The molecule has 1 rings (SSSR count). The highest BCUT2D eigenvalue weighted by Crippen LogP contribution is 2.16. The van der Waals surface area contributed by atoms with Crippen molar-refractivity contribution in [1.29, 1.82) is 0 Å². The largest absolute Gasteiger partial charge is 0.363 e. The first-order chi connectivity index (χ1) is 24.3. The van der Waals surface area contributed by atoms with Crippen molar-refractivity contribution in [3.63, 3.8) is 0 Å². The molecule has 49 heavy (non-hydrogen) atoms. The number of nitrogens with one attached hydrogen (secondary N) is 2. The van der Waals surface area contributed by atoms with Crippen LogP contribution in [-0.2, 0) is 0 Å². The molecule has 1 fully saturated rings. The third-order valence-electron chi connectivity index (χ3n) is 9.98. The summed E-state index contributed by atoms with van der Waals surface area (Å²) in [6, 6.07) is 0.523. The lowest BCUT2D eigenvalue weighted by atomic mass is 10.00. The van der Waals surface area contributed by atoms with Gasteiger partial charge in [0.25, 0.3) is 0 Å². The Balaban J connectivity index is 2.16. The maximum atomic E-state index is 5.76. The van der Waals surface area contributed by atoms with Crippen LogP contribution in [0.3, 0.4) is 0 Å². The molecule has 1 heterocycles. The second-order valence-electron chi connectivity index (χ2n) is 14.7. The molecule has 0 aliphatic carbocycles. The summed E-state index contributed by atoms with van der Waals surface area (Å²) in [6.07, 6.45) is 56.8. The van der Waals surface area contributed by atoms with Crippen LogP contribution in [0.2, 0.25) is 0 Å². The van der Waals surface area contributed by atoms with Crippen LogP contribution < -0.4 is 10.6 Å². The quantitative estimate of drug-likeness (QED) is 0.0392. The maximum absolute atomic E-state index is 5.76. The molecule has 0 amide bonds. The summed E-state index contributed by atoms with van der Waals surface area (Å²) in [6.45, 7) is 9.31. The van der Waals surface area contributed by atoms with Crippen LogP contribution in [0.15, 0.2) is 48.6 Å². The van der Waals surface area contributed by atoms with Crippen molar-refractivity contribution in [2.75, 3.05) is 26.2 Å². The van der Waals surface area contributed by atoms with Gasteiger partial charge in [0.1, 0.15) is 0 Å². The predicted octanol–water partition coefficient (Wildman–Crippen LogP) is 13.7. The molecule has 0 saturated carbocycles. The number of hydrogen-bond donors (Lipinski definition) is 2. The number of likely N-dealkylation sites (tertiary alicyclic amines) is 1. The molecule has 1 saturated heterocycles. The lowest BCUT2D eigenvalue weighted by Gasteiger charge is -2.22. The minimum Gasteiger partial charge on any atom is -0.363 e. The summed E-state index contributed by atoms with van der Waals surface area (Å²) < 4.78 is 0. The molecule has 0 aromatic heterocycles. The Labute approximate surface area is 312 Å². The fraction of sp³-hybridized carbons (Fsp3) is 0.800. The molecule has 1 aliphatic rings. The fourth-order valence-electron chi connectivity index (χ4n) is 6.79. The Morgan fingerprint density at radius 3 is 1.39 bits per heavy atom. The third-order valence-corrected chi connectivity index (χ3v) is 10.2. The molecule has 1 aliphatic heterocycles. The first-order valence-electron chi connectivity index (χ1n) is 21.6. The highest BCUT2D eigenvalue weighted by atomic mass is 32.1. The normalized spacial score (nSPS) is 14.2. The van der Waals surface area contributed by atoms with E-state index in [2.05, 4.69) is 78.0 Å². The van der Waals surface area contributed by atoms with Gasteiger partial charge in [-0.15, -0.1) is 0 Å². The Morgan fingerprint density at radius 1 is 0.531 bits per heavy atom. The van der Waals surface area contributed by atoms with Gasteiger partial charge in [-0.05, 0) is 128 Å². The Hall–Kier alpha value is -1.39. The van der Waals surface area contributed by atoms with Crippen molar-refractivity contribution < 1.29 is 0 Å². The summed E-state index contributed by atoms with van der Waals surface area (Å²) in [4.78, 5) is 2.60. The van der Waals surface area contributed by atoms with Crippen molar-refractivity contribution in [1.82, 2.24) is 15.5 Å². The second-order valence-corrected chi connectivity index (χ2v) is 15.2. The van der Waals surface area contributed by atoms with Crippen molar-refractivity contribution in [3.05, 3.63) is 48.6 Å². The zero-order chi connectivity index (χ0) is 35.1. The van der Waals surface area contributed by atoms with E-state index >= 15 is 0 Å². The molecule has 0 spiro atoms. The molecule has 2 N–H and O–H groups in total. The van der Waals surface area contributed by atoms with Crippen molar-refractivity contribution in [2.24, 2.45) is 0 Å². The first-order valence-corrected chi connectivity index (χ1v) is 22.0. The highest BCUT2D eigenvalue weighted by molar-refractivity contribution is 7.80. The molecule has 0 aromatic carbocycles. The van der Waals surface area contributed by atoms with E-state index in [9.17, 15) is 0 Å². The van der Waals surface area contributed by atoms with Gasteiger partial charge in [0.2, 0.25) is 0 Å². The SMILES string of the molecule is CCCCC/C=C\C/C=C\CCCCCCCCC(CCCCCCCC/C=C\C/C=C\CCCCC)NC(=S)NCCCN1CCCC1. The standard InChI is InChI=1S/C45H83N3S/c1-3-5-7-9-11-13-15-17-19-21-23-25-27-29-31-33-38-44(47-45(49)46-40-37-43-48-41-35-36-42-48)39-34-32-30-28-26-24-22-20-18-16-14-12-10-8-6-4-2/h11-14,17-20,44H,3-10,15-16,21-43H2,1-2H3,(H2,46,47,49)/b13-11-,14-12-,19-17-,20-18-. The van der Waals surface area contributed by atoms with E-state index in [-0.39, 0.29) is 0 Å². The van der Waals surface area contributed by atoms with Gasteiger partial charge in [-0.25, -0.2) is 0 Å². The van der Waals surface area contributed by atoms with Gasteiger partial charge in [-0.1, -0.05) is 152 Å². The van der Waals surface area contributed by atoms with Crippen LogP contribution in [0.5, 0.6) is 0 Å². The van der Waals surface area contributed by atoms with Crippen molar-refractivity contribution >= 4 is 17.3 Å². The van der Waals surface area contributed by atoms with Crippen LogP contribution in [0, 0.1) is 0 Å². The maximum Gasteiger partial charge on any atom is 0.166 e. The Kier molecular flexibility index (Phi) is 35.3. The van der Waals surface area contributed by atoms with E-state index in [1.165, 1.54) is 193 Å². The molecule has 0 atom stereocenters. The number of hydrogen-bond acceptors (Lipinski definition) is 2. The molecule has 0 bridgehead atoms. The van der Waals surface area contributed by atoms with E-state index in [1.807, 2.05) is 0 Å². The summed E-state index contributed by atoms with van der Waals surface area (Å²) in [5.74, 6) is 0. The number of allylic oxidation sites excluding steroid dienone is 8. The first kappa shape index (κ1) is 45.6. The number of unbranched alkanes of at least 4 members (excludes halogenated alkanes) is 18. The minimum absolute atomic E-state index is 0.523. The zero-order valence-corrected chi connectivity index (χ0v) is 33.7. The summed E-state index contributed by atoms with van der Waals surface area (Å²) >= 11 is 5.76. The van der Waals surface area contributed by atoms with Crippen LogP contribution in [-0.4, -0.2) is 42.2 Å². The van der Waals surface area contributed by atoms with E-state index in [0.717, 1.165) is 24.5 Å². The van der Waals surface area contributed by atoms with Gasteiger partial charge in [-0.3, -0.25) is 0 Å². The fourth-order valence-corrected chi connectivity index (χ4v) is 7.06. The summed E-state index contributed by atoms with van der Waals surface area (Å²) in [7, 11) is 0. The third kappa shape index (κ3) is 33.5. The van der Waals surface area contributed by atoms with E-state index in [0.29, 0.717) is 6.04 Å². The average Bonchev–Trinajstić information content (AvgIpc) is 3.63. The number of rotatable bonds is 35. The Bertz CT molecular complexity index is 762. The van der Waals surface area contributed by atoms with Crippen LogP contribution >= 0.6 is 12.2 Å². The molecule has 0 unspecified atom stereocenters. The number of thiocarbonyl (C=S) groups is 1. The molecular formula is C45H83N3S. The lowest BCUT2D eigenvalue weighted by molar-refractivity contribution is 0.334.